The maximum absolute atomic E-state index is 12.8. The summed E-state index contributed by atoms with van der Waals surface area (Å²) in [5.41, 5.74) is 1.75. The first-order valence-electron chi connectivity index (χ1n) is 9.48. The first-order chi connectivity index (χ1) is 13.4. The Labute approximate surface area is 163 Å². The first kappa shape index (κ1) is 18.6. The second-order valence-corrected chi connectivity index (χ2v) is 7.47. The van der Waals surface area contributed by atoms with Crippen LogP contribution in [0.3, 0.4) is 0 Å². The van der Waals surface area contributed by atoms with Crippen LogP contribution in [0.2, 0.25) is 0 Å². The van der Waals surface area contributed by atoms with Crippen molar-refractivity contribution < 1.29 is 23.5 Å². The zero-order chi connectivity index (χ0) is 19.8. The van der Waals surface area contributed by atoms with Crippen LogP contribution in [-0.4, -0.2) is 48.6 Å². The maximum Gasteiger partial charge on any atom is 0.289 e. The van der Waals surface area contributed by atoms with E-state index in [9.17, 15) is 9.59 Å². The Hall–Kier alpha value is -2.80. The third-order valence-electron chi connectivity index (χ3n) is 4.95. The number of ether oxygens (including phenoxy) is 2. The molecule has 0 radical (unpaired) electrons. The molecule has 7 heteroatoms. The van der Waals surface area contributed by atoms with Crippen molar-refractivity contribution in [2.24, 2.45) is 0 Å². The molecule has 2 amide bonds. The van der Waals surface area contributed by atoms with Gasteiger partial charge in [0, 0.05) is 13.1 Å². The molecule has 2 unspecified atom stereocenters. The van der Waals surface area contributed by atoms with E-state index in [0.29, 0.717) is 24.6 Å². The highest BCUT2D eigenvalue weighted by atomic mass is 16.5. The van der Waals surface area contributed by atoms with Crippen molar-refractivity contribution in [2.75, 3.05) is 24.6 Å². The molecule has 2 aromatic rings. The van der Waals surface area contributed by atoms with Crippen molar-refractivity contribution in [3.8, 4) is 5.75 Å². The van der Waals surface area contributed by atoms with Crippen molar-refractivity contribution in [1.29, 1.82) is 0 Å². The van der Waals surface area contributed by atoms with Gasteiger partial charge in [-0.1, -0.05) is 6.07 Å². The lowest BCUT2D eigenvalue weighted by atomic mass is 10.1. The van der Waals surface area contributed by atoms with E-state index < -0.39 is 0 Å². The van der Waals surface area contributed by atoms with Gasteiger partial charge in [0.25, 0.3) is 11.8 Å². The molecule has 148 valence electrons. The quantitative estimate of drug-likeness (QED) is 0.814. The van der Waals surface area contributed by atoms with E-state index in [4.69, 9.17) is 13.9 Å². The van der Waals surface area contributed by atoms with Gasteiger partial charge in [0.15, 0.2) is 12.4 Å². The number of fused-ring (bicyclic) bond motifs is 1. The summed E-state index contributed by atoms with van der Waals surface area (Å²) in [6.07, 6.45) is -0.0132. The van der Waals surface area contributed by atoms with Crippen molar-refractivity contribution in [3.63, 3.8) is 0 Å². The summed E-state index contributed by atoms with van der Waals surface area (Å²) in [6, 6.07) is 9.14. The van der Waals surface area contributed by atoms with Gasteiger partial charge < -0.3 is 18.8 Å². The molecule has 1 aromatic carbocycles. The fraction of sp³-hybridized carbons (Fsp3) is 0.429. The van der Waals surface area contributed by atoms with Crippen LogP contribution in [0, 0.1) is 6.92 Å². The van der Waals surface area contributed by atoms with Gasteiger partial charge in [-0.15, -0.1) is 0 Å². The Bertz CT molecular complexity index is 896. The summed E-state index contributed by atoms with van der Waals surface area (Å²) in [5, 5.41) is 0. The van der Waals surface area contributed by atoms with Crippen molar-refractivity contribution in [3.05, 3.63) is 47.4 Å². The number of furan rings is 1. The van der Waals surface area contributed by atoms with E-state index in [0.717, 1.165) is 11.3 Å². The van der Waals surface area contributed by atoms with Crippen LogP contribution >= 0.6 is 0 Å². The highest BCUT2D eigenvalue weighted by Crippen LogP contribution is 2.34. The number of carbonyl (C=O) groups excluding carboxylic acids is 2. The van der Waals surface area contributed by atoms with Crippen molar-refractivity contribution in [2.45, 2.75) is 39.5 Å². The number of hydrogen-bond donors (Lipinski definition) is 0. The molecule has 1 fully saturated rings. The summed E-state index contributed by atoms with van der Waals surface area (Å²) in [5.74, 6) is 1.21. The van der Waals surface area contributed by atoms with Gasteiger partial charge in [-0.25, -0.2) is 0 Å². The van der Waals surface area contributed by atoms with Crippen LogP contribution in [0.1, 0.15) is 35.7 Å². The second kappa shape index (κ2) is 7.31. The minimum absolute atomic E-state index is 0.00662. The fourth-order valence-corrected chi connectivity index (χ4v) is 3.72. The maximum atomic E-state index is 12.8. The zero-order valence-corrected chi connectivity index (χ0v) is 16.3. The summed E-state index contributed by atoms with van der Waals surface area (Å²) in [6.45, 7) is 7.18. The molecular weight excluding hydrogens is 360 g/mol. The van der Waals surface area contributed by atoms with Gasteiger partial charge in [0.2, 0.25) is 0 Å². The summed E-state index contributed by atoms with van der Waals surface area (Å²) >= 11 is 0. The van der Waals surface area contributed by atoms with Gasteiger partial charge in [-0.05, 0) is 50.6 Å². The Morgan fingerprint density at radius 1 is 1.14 bits per heavy atom. The minimum atomic E-state index is -0.155. The predicted molar refractivity (Wildman–Crippen MR) is 102 cm³/mol. The van der Waals surface area contributed by atoms with E-state index in [1.807, 2.05) is 39.0 Å². The van der Waals surface area contributed by atoms with E-state index in [2.05, 4.69) is 0 Å². The molecule has 4 rings (SSSR count). The average Bonchev–Trinajstić information content (AvgIpc) is 3.11. The van der Waals surface area contributed by atoms with Crippen LogP contribution < -0.4 is 9.64 Å². The number of rotatable bonds is 3. The molecule has 0 bridgehead atoms. The van der Waals surface area contributed by atoms with E-state index in [1.54, 1.807) is 21.9 Å². The summed E-state index contributed by atoms with van der Waals surface area (Å²) in [4.78, 5) is 28.6. The van der Waals surface area contributed by atoms with E-state index in [1.165, 1.54) is 0 Å². The van der Waals surface area contributed by atoms with Gasteiger partial charge in [-0.2, -0.15) is 0 Å². The molecule has 0 aliphatic carbocycles. The number of benzene rings is 1. The second-order valence-electron chi connectivity index (χ2n) is 7.47. The smallest absolute Gasteiger partial charge is 0.289 e. The Balaban J connectivity index is 1.52. The number of amides is 2. The standard InChI is InChI=1S/C21H24N2O5/c1-13-4-6-18-17(8-13)23(20(24)12-26-18)11-16-5-7-19(28-16)21(25)22-9-14(2)27-15(3)10-22/h4-8,14-15H,9-12H2,1-3H3. The molecule has 0 spiro atoms. The van der Waals surface area contributed by atoms with Crippen LogP contribution in [0.5, 0.6) is 5.75 Å². The molecule has 1 aromatic heterocycles. The van der Waals surface area contributed by atoms with Crippen molar-refractivity contribution >= 4 is 17.5 Å². The topological polar surface area (TPSA) is 72.2 Å². The van der Waals surface area contributed by atoms with Crippen LogP contribution in [0.4, 0.5) is 5.69 Å². The predicted octanol–water partition coefficient (Wildman–Crippen LogP) is 2.76. The number of anilines is 1. The Morgan fingerprint density at radius 2 is 1.89 bits per heavy atom. The lowest BCUT2D eigenvalue weighted by Crippen LogP contribution is -2.48. The molecule has 0 N–H and O–H groups in total. The lowest BCUT2D eigenvalue weighted by Gasteiger charge is -2.34. The third-order valence-corrected chi connectivity index (χ3v) is 4.95. The largest absolute Gasteiger partial charge is 0.482 e. The van der Waals surface area contributed by atoms with Gasteiger partial charge in [0.1, 0.15) is 11.5 Å². The average molecular weight is 384 g/mol. The molecular formula is C21H24N2O5. The number of morpholine rings is 1. The molecule has 28 heavy (non-hydrogen) atoms. The fourth-order valence-electron chi connectivity index (χ4n) is 3.72. The van der Waals surface area contributed by atoms with Crippen LogP contribution in [-0.2, 0) is 16.1 Å². The van der Waals surface area contributed by atoms with Gasteiger partial charge in [0.05, 0.1) is 24.4 Å². The SMILES string of the molecule is Cc1ccc2c(c1)N(Cc1ccc(C(=O)N3CC(C)OC(C)C3)o1)C(=O)CO2. The normalized spacial score (nSPS) is 22.0. The first-order valence-corrected chi connectivity index (χ1v) is 9.48. The highest BCUT2D eigenvalue weighted by Gasteiger charge is 2.30. The molecule has 2 aliphatic heterocycles. The molecule has 2 aliphatic rings. The van der Waals surface area contributed by atoms with Crippen LogP contribution in [0.25, 0.3) is 0 Å². The lowest BCUT2D eigenvalue weighted by molar-refractivity contribution is -0.121. The molecule has 7 nitrogen and oxygen atoms in total. The summed E-state index contributed by atoms with van der Waals surface area (Å²) in [7, 11) is 0. The van der Waals surface area contributed by atoms with Gasteiger partial charge >= 0.3 is 0 Å². The summed E-state index contributed by atoms with van der Waals surface area (Å²) < 4.78 is 17.0. The zero-order valence-electron chi connectivity index (χ0n) is 16.3. The van der Waals surface area contributed by atoms with Gasteiger partial charge in [-0.3, -0.25) is 14.5 Å². The van der Waals surface area contributed by atoms with E-state index in [-0.39, 0.29) is 42.9 Å². The molecule has 2 atom stereocenters. The number of carbonyl (C=O) groups is 2. The number of hydrogen-bond acceptors (Lipinski definition) is 5. The molecule has 0 saturated carbocycles. The third kappa shape index (κ3) is 3.62. The Kier molecular flexibility index (Phi) is 4.85. The van der Waals surface area contributed by atoms with Crippen LogP contribution in [0.15, 0.2) is 34.7 Å². The molecule has 3 heterocycles. The Morgan fingerprint density at radius 3 is 2.64 bits per heavy atom. The van der Waals surface area contributed by atoms with Crippen molar-refractivity contribution in [1.82, 2.24) is 4.90 Å². The minimum Gasteiger partial charge on any atom is -0.482 e. The number of aryl methyl sites for hydroxylation is 1. The van der Waals surface area contributed by atoms with E-state index >= 15 is 0 Å². The highest BCUT2D eigenvalue weighted by molar-refractivity contribution is 5.97. The number of nitrogens with zero attached hydrogens (tertiary/aromatic N) is 2. The monoisotopic (exact) mass is 384 g/mol. The molecule has 1 saturated heterocycles.